The Bertz CT molecular complexity index is 1160. The number of likely N-dealkylation sites (N-methyl/N-ethyl adjacent to an activating group) is 1. The molecule has 8 nitrogen and oxygen atoms in total. The number of nitrogens with one attached hydrogen (secondary N) is 2. The molecule has 1 aliphatic carbocycles. The third-order valence-electron chi connectivity index (χ3n) is 6.82. The molecule has 178 valence electrons. The molecule has 0 saturated carbocycles. The van der Waals surface area contributed by atoms with Crippen LogP contribution in [0.1, 0.15) is 24.1 Å². The third kappa shape index (κ3) is 5.14. The lowest BCUT2D eigenvalue weighted by molar-refractivity contribution is -0.493. The van der Waals surface area contributed by atoms with Gasteiger partial charge in [-0.1, -0.05) is 11.6 Å². The number of halogens is 1. The molecule has 5 rings (SSSR count). The van der Waals surface area contributed by atoms with Gasteiger partial charge in [-0.3, -0.25) is 4.98 Å². The van der Waals surface area contributed by atoms with Crippen molar-refractivity contribution in [3.05, 3.63) is 74.4 Å². The van der Waals surface area contributed by atoms with Gasteiger partial charge in [-0.05, 0) is 50.6 Å². The maximum Gasteiger partial charge on any atom is 0.240 e. The second kappa shape index (κ2) is 9.82. The van der Waals surface area contributed by atoms with E-state index in [4.69, 9.17) is 11.6 Å². The summed E-state index contributed by atoms with van der Waals surface area (Å²) in [6, 6.07) is 2.16. The number of nitrogens with zero attached hydrogens (tertiary/aromatic N) is 5. The lowest BCUT2D eigenvalue weighted by Gasteiger charge is -2.32. The van der Waals surface area contributed by atoms with E-state index in [1.54, 1.807) is 6.20 Å². The Balaban J connectivity index is 1.29. The van der Waals surface area contributed by atoms with Crippen LogP contribution in [0, 0.1) is 11.8 Å². The van der Waals surface area contributed by atoms with Crippen LogP contribution in [0.15, 0.2) is 63.2 Å². The van der Waals surface area contributed by atoms with Crippen LogP contribution in [0.2, 0.25) is 0 Å². The van der Waals surface area contributed by atoms with Crippen molar-refractivity contribution in [3.8, 4) is 0 Å². The second-order valence-corrected chi connectivity index (χ2v) is 9.83. The standard InChI is InChI=1S/C25H31ClN7O/c1-17-22(11-18(14-27-17)5-6-32-9-7-31(2)8-10-32)29-25-28-15-20-16-33(34)24-4-3-21(26)12-19(24)13-23(20)30-25/h11-15H,3-10,16H2,1-2H3,(H2,28,29,30)/q+1. The molecule has 0 unspecified atom stereocenters. The van der Waals surface area contributed by atoms with Crippen LogP contribution in [0.3, 0.4) is 0 Å². The molecule has 34 heavy (non-hydrogen) atoms. The lowest BCUT2D eigenvalue weighted by Crippen LogP contribution is -2.45. The Labute approximate surface area is 205 Å². The molecule has 1 fully saturated rings. The Hall–Kier alpha value is -2.81. The second-order valence-electron chi connectivity index (χ2n) is 9.34. The molecule has 1 aromatic rings. The van der Waals surface area contributed by atoms with Crippen molar-refractivity contribution in [2.24, 2.45) is 4.99 Å². The topological polar surface area (TPSA) is 75.9 Å². The van der Waals surface area contributed by atoms with Crippen LogP contribution in [-0.2, 0) is 6.42 Å². The summed E-state index contributed by atoms with van der Waals surface area (Å²) in [7, 11) is 2.18. The van der Waals surface area contributed by atoms with Gasteiger partial charge in [-0.15, -0.1) is 0 Å². The number of fused-ring (bicyclic) bond motifs is 1. The van der Waals surface area contributed by atoms with E-state index in [0.717, 1.165) is 82.9 Å². The minimum atomic E-state index is 0.266. The molecule has 3 aliphatic heterocycles. The normalized spacial score (nSPS) is 21.4. The number of pyridine rings is 1. The first-order chi connectivity index (χ1) is 16.4. The van der Waals surface area contributed by atoms with Gasteiger partial charge in [0, 0.05) is 71.8 Å². The first kappa shape index (κ1) is 23.0. The molecule has 9 heteroatoms. The fourth-order valence-electron chi connectivity index (χ4n) is 4.60. The Morgan fingerprint density at radius 1 is 1.21 bits per heavy atom. The Kier molecular flexibility index (Phi) is 6.63. The van der Waals surface area contributed by atoms with E-state index in [2.05, 4.69) is 43.5 Å². The van der Waals surface area contributed by atoms with Gasteiger partial charge in [-0.2, -0.15) is 0 Å². The SMILES string of the molecule is Cc1ncc(CCN2CCN(C)CC2)cc1NC1=NC=C2C[N+](=O)C3=C(C=C(Cl)CC3)C=C2N1. The number of aliphatic imine (C=N–C) groups is 1. The van der Waals surface area contributed by atoms with Gasteiger partial charge < -0.3 is 20.4 Å². The highest BCUT2D eigenvalue weighted by molar-refractivity contribution is 6.29. The maximum atomic E-state index is 12.7. The summed E-state index contributed by atoms with van der Waals surface area (Å²) >= 11 is 6.26. The zero-order chi connectivity index (χ0) is 23.7. The van der Waals surface area contributed by atoms with Crippen LogP contribution in [0.4, 0.5) is 5.69 Å². The minimum Gasteiger partial charge on any atom is -0.325 e. The molecule has 1 saturated heterocycles. The van der Waals surface area contributed by atoms with Crippen LogP contribution >= 0.6 is 11.6 Å². The largest absolute Gasteiger partial charge is 0.325 e. The number of nitroso groups, excluding NO2 is 1. The van der Waals surface area contributed by atoms with E-state index < -0.39 is 0 Å². The van der Waals surface area contributed by atoms with Gasteiger partial charge in [0.05, 0.1) is 22.7 Å². The third-order valence-corrected chi connectivity index (χ3v) is 7.12. The summed E-state index contributed by atoms with van der Waals surface area (Å²) in [6.07, 6.45) is 9.94. The lowest BCUT2D eigenvalue weighted by atomic mass is 10.0. The number of allylic oxidation sites excluding steroid dienone is 5. The number of aromatic nitrogens is 1. The molecule has 0 aromatic carbocycles. The monoisotopic (exact) mass is 480 g/mol. The molecule has 0 radical (unpaired) electrons. The van der Waals surface area contributed by atoms with Gasteiger partial charge >= 0.3 is 0 Å². The van der Waals surface area contributed by atoms with E-state index in [-0.39, 0.29) is 6.54 Å². The predicted molar refractivity (Wildman–Crippen MR) is 136 cm³/mol. The highest BCUT2D eigenvalue weighted by Gasteiger charge is 2.31. The molecular formula is C25H31ClN7O+. The summed E-state index contributed by atoms with van der Waals surface area (Å²) in [5, 5.41) is 7.54. The zero-order valence-electron chi connectivity index (χ0n) is 19.8. The number of hydrogen-bond donors (Lipinski definition) is 2. The number of hydrogen-bond acceptors (Lipinski definition) is 7. The van der Waals surface area contributed by atoms with Gasteiger partial charge in [0.2, 0.25) is 18.2 Å². The maximum absolute atomic E-state index is 12.7. The van der Waals surface area contributed by atoms with E-state index in [1.165, 1.54) is 5.56 Å². The van der Waals surface area contributed by atoms with Crippen molar-refractivity contribution < 1.29 is 4.76 Å². The molecule has 1 aromatic heterocycles. The van der Waals surface area contributed by atoms with Crippen molar-refractivity contribution in [2.75, 3.05) is 51.6 Å². The fourth-order valence-corrected chi connectivity index (χ4v) is 4.81. The van der Waals surface area contributed by atoms with Crippen molar-refractivity contribution in [1.29, 1.82) is 0 Å². The summed E-state index contributed by atoms with van der Waals surface area (Å²) < 4.78 is 1.05. The molecule has 4 heterocycles. The van der Waals surface area contributed by atoms with Crippen molar-refractivity contribution in [2.45, 2.75) is 26.2 Å². The molecule has 0 atom stereocenters. The van der Waals surface area contributed by atoms with Gasteiger partial charge in [-0.25, -0.2) is 4.99 Å². The zero-order valence-corrected chi connectivity index (χ0v) is 20.5. The molecule has 0 spiro atoms. The number of aryl methyl sites for hydroxylation is 1. The van der Waals surface area contributed by atoms with E-state index in [1.807, 2.05) is 25.3 Å². The van der Waals surface area contributed by atoms with Crippen LogP contribution in [-0.4, -0.2) is 71.8 Å². The van der Waals surface area contributed by atoms with Crippen molar-refractivity contribution in [3.63, 3.8) is 0 Å². The minimum absolute atomic E-state index is 0.266. The average Bonchev–Trinajstić information content (AvgIpc) is 2.95. The first-order valence-corrected chi connectivity index (χ1v) is 12.3. The first-order valence-electron chi connectivity index (χ1n) is 11.9. The number of piperazine rings is 1. The summed E-state index contributed by atoms with van der Waals surface area (Å²) in [6.45, 7) is 7.77. The average molecular weight is 481 g/mol. The van der Waals surface area contributed by atoms with Crippen molar-refractivity contribution in [1.82, 2.24) is 20.1 Å². The number of rotatable bonds is 4. The van der Waals surface area contributed by atoms with Crippen molar-refractivity contribution >= 4 is 23.2 Å². The van der Waals surface area contributed by atoms with Gasteiger partial charge in [0.25, 0.3) is 0 Å². The van der Waals surface area contributed by atoms with E-state index >= 15 is 0 Å². The Morgan fingerprint density at radius 3 is 2.85 bits per heavy atom. The van der Waals surface area contributed by atoms with E-state index in [9.17, 15) is 4.91 Å². The highest BCUT2D eigenvalue weighted by Crippen LogP contribution is 2.32. The van der Waals surface area contributed by atoms with Gasteiger partial charge in [0.15, 0.2) is 0 Å². The van der Waals surface area contributed by atoms with Crippen LogP contribution in [0.5, 0.6) is 0 Å². The molecule has 4 aliphatic rings. The molecule has 0 amide bonds. The molecule has 2 N–H and O–H groups in total. The van der Waals surface area contributed by atoms with Gasteiger partial charge in [0.1, 0.15) is 0 Å². The number of anilines is 1. The fraction of sp³-hybridized carbons (Fsp3) is 0.440. The molecule has 0 bridgehead atoms. The number of guanidine groups is 1. The summed E-state index contributed by atoms with van der Waals surface area (Å²) in [4.78, 5) is 26.7. The van der Waals surface area contributed by atoms with Crippen LogP contribution < -0.4 is 10.6 Å². The molecular weight excluding hydrogens is 450 g/mol. The highest BCUT2D eigenvalue weighted by atomic mass is 35.5. The Morgan fingerprint density at radius 2 is 2.03 bits per heavy atom. The summed E-state index contributed by atoms with van der Waals surface area (Å²) in [5.41, 5.74) is 6.40. The smallest absolute Gasteiger partial charge is 0.240 e. The summed E-state index contributed by atoms with van der Waals surface area (Å²) in [5.74, 6) is 0.614. The quantitative estimate of drug-likeness (QED) is 0.644. The predicted octanol–water partition coefficient (Wildman–Crippen LogP) is 3.28. The van der Waals surface area contributed by atoms with Crippen LogP contribution in [0.25, 0.3) is 0 Å². The van der Waals surface area contributed by atoms with E-state index in [0.29, 0.717) is 18.8 Å².